The number of amides is 2. The number of carbonyl (C=O) groups is 2. The Bertz CT molecular complexity index is 1200. The van der Waals surface area contributed by atoms with E-state index >= 15 is 0 Å². The average molecular weight is 519 g/mol. The average Bonchev–Trinajstić information content (AvgIpc) is 3.19. The third-order valence-corrected chi connectivity index (χ3v) is 9.83. The SMILES string of the molecule is CCN1CCc2c(sc(NC(=O)c3ccc(S(=O)(=O)N4CC(C)CC(C)C4)cc3)c2C(=O)NC)C1. The molecule has 2 amide bonds. The summed E-state index contributed by atoms with van der Waals surface area (Å²) in [6.07, 6.45) is 1.78. The van der Waals surface area contributed by atoms with E-state index in [-0.39, 0.29) is 16.7 Å². The van der Waals surface area contributed by atoms with E-state index in [1.165, 1.54) is 35.6 Å². The Hall–Kier alpha value is -2.27. The molecule has 0 spiro atoms. The van der Waals surface area contributed by atoms with Crippen LogP contribution in [0.4, 0.5) is 5.00 Å². The summed E-state index contributed by atoms with van der Waals surface area (Å²) in [5.74, 6) is 0.0441. The van der Waals surface area contributed by atoms with E-state index in [4.69, 9.17) is 0 Å². The van der Waals surface area contributed by atoms with Gasteiger partial charge in [-0.2, -0.15) is 4.31 Å². The Morgan fingerprint density at radius 3 is 2.34 bits per heavy atom. The van der Waals surface area contributed by atoms with Crippen LogP contribution < -0.4 is 10.6 Å². The maximum Gasteiger partial charge on any atom is 0.256 e. The van der Waals surface area contributed by atoms with Gasteiger partial charge >= 0.3 is 0 Å². The fourth-order valence-electron chi connectivity index (χ4n) is 5.08. The molecule has 1 saturated heterocycles. The summed E-state index contributed by atoms with van der Waals surface area (Å²) in [6.45, 7) is 9.84. The van der Waals surface area contributed by atoms with Gasteiger partial charge in [0.25, 0.3) is 11.8 Å². The highest BCUT2D eigenvalue weighted by atomic mass is 32.2. The van der Waals surface area contributed by atoms with Crippen molar-refractivity contribution in [1.82, 2.24) is 14.5 Å². The second-order valence-electron chi connectivity index (χ2n) is 9.65. The number of nitrogens with one attached hydrogen (secondary N) is 2. The van der Waals surface area contributed by atoms with Gasteiger partial charge in [-0.15, -0.1) is 11.3 Å². The van der Waals surface area contributed by atoms with Crippen molar-refractivity contribution in [1.29, 1.82) is 0 Å². The molecule has 1 fully saturated rings. The zero-order chi connectivity index (χ0) is 25.3. The zero-order valence-corrected chi connectivity index (χ0v) is 22.4. The molecular weight excluding hydrogens is 484 g/mol. The lowest BCUT2D eigenvalue weighted by atomic mass is 9.94. The third kappa shape index (κ3) is 5.30. The standard InChI is InChI=1S/C25H34N4O4S2/c1-5-28-11-10-20-21(15-28)34-25(22(20)24(31)26-4)27-23(30)18-6-8-19(9-7-18)35(32,33)29-13-16(2)12-17(3)14-29/h6-9,16-17H,5,10-15H2,1-4H3,(H,26,31)(H,27,30). The molecule has 35 heavy (non-hydrogen) atoms. The van der Waals surface area contributed by atoms with E-state index in [0.29, 0.717) is 41.1 Å². The van der Waals surface area contributed by atoms with Crippen LogP contribution in [-0.2, 0) is 23.0 Å². The van der Waals surface area contributed by atoms with Gasteiger partial charge in [0.1, 0.15) is 5.00 Å². The second-order valence-corrected chi connectivity index (χ2v) is 12.7. The fourth-order valence-corrected chi connectivity index (χ4v) is 8.05. The molecular formula is C25H34N4O4S2. The van der Waals surface area contributed by atoms with Crippen LogP contribution in [0, 0.1) is 11.8 Å². The Morgan fingerprint density at radius 1 is 1.09 bits per heavy atom. The smallest absolute Gasteiger partial charge is 0.256 e. The Kier molecular flexibility index (Phi) is 7.65. The molecule has 10 heteroatoms. The molecule has 2 unspecified atom stereocenters. The van der Waals surface area contributed by atoms with Crippen LogP contribution in [-0.4, -0.2) is 62.7 Å². The lowest BCUT2D eigenvalue weighted by Crippen LogP contribution is -2.42. The van der Waals surface area contributed by atoms with Crippen molar-refractivity contribution in [2.75, 3.05) is 38.5 Å². The molecule has 1 aromatic carbocycles. The van der Waals surface area contributed by atoms with Crippen molar-refractivity contribution in [2.24, 2.45) is 11.8 Å². The number of hydrogen-bond acceptors (Lipinski definition) is 6. The molecule has 1 aromatic heterocycles. The summed E-state index contributed by atoms with van der Waals surface area (Å²) in [7, 11) is -2.03. The number of sulfonamides is 1. The number of benzene rings is 1. The molecule has 0 radical (unpaired) electrons. The molecule has 2 atom stereocenters. The topological polar surface area (TPSA) is 98.8 Å². The molecule has 2 N–H and O–H groups in total. The van der Waals surface area contributed by atoms with E-state index in [1.54, 1.807) is 11.4 Å². The molecule has 2 aliphatic heterocycles. The van der Waals surface area contributed by atoms with Crippen LogP contribution in [0.3, 0.4) is 0 Å². The summed E-state index contributed by atoms with van der Waals surface area (Å²) in [5.41, 5.74) is 1.87. The zero-order valence-electron chi connectivity index (χ0n) is 20.8. The van der Waals surface area contributed by atoms with E-state index in [1.807, 2.05) is 0 Å². The number of fused-ring (bicyclic) bond motifs is 1. The van der Waals surface area contributed by atoms with Gasteiger partial charge < -0.3 is 10.6 Å². The number of hydrogen-bond donors (Lipinski definition) is 2. The second kappa shape index (κ2) is 10.4. The summed E-state index contributed by atoms with van der Waals surface area (Å²) in [4.78, 5) is 29.3. The van der Waals surface area contributed by atoms with Gasteiger partial charge in [0, 0.05) is 43.7 Å². The molecule has 8 nitrogen and oxygen atoms in total. The monoisotopic (exact) mass is 518 g/mol. The van der Waals surface area contributed by atoms with Crippen molar-refractivity contribution in [3.05, 3.63) is 45.8 Å². The first kappa shape index (κ1) is 25.8. The fraction of sp³-hybridized carbons (Fsp3) is 0.520. The number of likely N-dealkylation sites (N-methyl/N-ethyl adjacent to an activating group) is 1. The summed E-state index contributed by atoms with van der Waals surface area (Å²) >= 11 is 1.44. The molecule has 0 bridgehead atoms. The lowest BCUT2D eigenvalue weighted by molar-refractivity contribution is 0.0962. The van der Waals surface area contributed by atoms with Gasteiger partial charge in [-0.3, -0.25) is 14.5 Å². The molecule has 190 valence electrons. The predicted molar refractivity (Wildman–Crippen MR) is 138 cm³/mol. The molecule has 0 saturated carbocycles. The van der Waals surface area contributed by atoms with Gasteiger partial charge in [-0.1, -0.05) is 20.8 Å². The first-order chi connectivity index (χ1) is 16.6. The number of piperidine rings is 1. The normalized spacial score (nSPS) is 21.4. The minimum absolute atomic E-state index is 0.188. The van der Waals surface area contributed by atoms with Gasteiger partial charge in [0.2, 0.25) is 10.0 Å². The largest absolute Gasteiger partial charge is 0.355 e. The highest BCUT2D eigenvalue weighted by molar-refractivity contribution is 7.89. The van der Waals surface area contributed by atoms with Crippen LogP contribution in [0.1, 0.15) is 58.3 Å². The van der Waals surface area contributed by atoms with Gasteiger partial charge in [0.05, 0.1) is 10.5 Å². The summed E-state index contributed by atoms with van der Waals surface area (Å²) in [5, 5.41) is 6.13. The Morgan fingerprint density at radius 2 is 1.74 bits per heavy atom. The van der Waals surface area contributed by atoms with Crippen molar-refractivity contribution in [3.63, 3.8) is 0 Å². The van der Waals surface area contributed by atoms with Crippen LogP contribution >= 0.6 is 11.3 Å². The Labute approximate surface area is 211 Å². The van der Waals surface area contributed by atoms with Crippen LogP contribution in [0.5, 0.6) is 0 Å². The van der Waals surface area contributed by atoms with Crippen LogP contribution in [0.2, 0.25) is 0 Å². The third-order valence-electron chi connectivity index (χ3n) is 6.85. The minimum Gasteiger partial charge on any atom is -0.355 e. The highest BCUT2D eigenvalue weighted by Crippen LogP contribution is 2.37. The van der Waals surface area contributed by atoms with Gasteiger partial charge in [-0.05, 0) is 61.1 Å². The van der Waals surface area contributed by atoms with E-state index in [9.17, 15) is 18.0 Å². The number of nitrogens with zero attached hydrogens (tertiary/aromatic N) is 2. The molecule has 4 rings (SSSR count). The molecule has 2 aromatic rings. The quantitative estimate of drug-likeness (QED) is 0.611. The van der Waals surface area contributed by atoms with E-state index < -0.39 is 10.0 Å². The van der Waals surface area contributed by atoms with E-state index in [2.05, 4.69) is 36.3 Å². The van der Waals surface area contributed by atoms with Gasteiger partial charge in [-0.25, -0.2) is 8.42 Å². The van der Waals surface area contributed by atoms with Crippen molar-refractivity contribution < 1.29 is 18.0 Å². The Balaban J connectivity index is 1.54. The maximum atomic E-state index is 13.1. The number of carbonyl (C=O) groups excluding carboxylic acids is 2. The highest BCUT2D eigenvalue weighted by Gasteiger charge is 2.32. The number of rotatable bonds is 6. The van der Waals surface area contributed by atoms with Crippen LogP contribution in [0.15, 0.2) is 29.2 Å². The number of anilines is 1. The van der Waals surface area contributed by atoms with Crippen LogP contribution in [0.25, 0.3) is 0 Å². The lowest BCUT2D eigenvalue weighted by Gasteiger charge is -2.34. The van der Waals surface area contributed by atoms with Crippen molar-refractivity contribution in [2.45, 2.75) is 45.1 Å². The summed E-state index contributed by atoms with van der Waals surface area (Å²) in [6, 6.07) is 6.05. The van der Waals surface area contributed by atoms with E-state index in [0.717, 1.165) is 42.9 Å². The number of thiophene rings is 1. The minimum atomic E-state index is -3.61. The summed E-state index contributed by atoms with van der Waals surface area (Å²) < 4.78 is 27.8. The van der Waals surface area contributed by atoms with Crippen molar-refractivity contribution in [3.8, 4) is 0 Å². The maximum absolute atomic E-state index is 13.1. The molecule has 0 aliphatic carbocycles. The predicted octanol–water partition coefficient (Wildman–Crippen LogP) is 3.40. The van der Waals surface area contributed by atoms with Gasteiger partial charge in [0.15, 0.2) is 0 Å². The molecule has 2 aliphatic rings. The van der Waals surface area contributed by atoms with Crippen molar-refractivity contribution >= 4 is 38.2 Å². The first-order valence-corrected chi connectivity index (χ1v) is 14.4. The molecule has 3 heterocycles. The first-order valence-electron chi connectivity index (χ1n) is 12.1.